The summed E-state index contributed by atoms with van der Waals surface area (Å²) in [4.78, 5) is 9.40. The molecule has 0 unspecified atom stereocenters. The van der Waals surface area contributed by atoms with Gasteiger partial charge in [0.25, 0.3) is 0 Å². The van der Waals surface area contributed by atoms with Crippen LogP contribution in [0.1, 0.15) is 25.3 Å². The van der Waals surface area contributed by atoms with Crippen LogP contribution in [0.4, 0.5) is 4.39 Å². The number of hydrogen-bond acceptors (Lipinski definition) is 3. The normalized spacial score (nSPS) is 16.2. The molecule has 1 fully saturated rings. The minimum absolute atomic E-state index is 0. The van der Waals surface area contributed by atoms with E-state index in [1.54, 1.807) is 12.1 Å². The number of aliphatic imine (C=N–C) groups is 1. The van der Waals surface area contributed by atoms with Crippen molar-refractivity contribution in [3.8, 4) is 0 Å². The van der Waals surface area contributed by atoms with Gasteiger partial charge in [-0.2, -0.15) is 0 Å². The minimum atomic E-state index is -0.200. The minimum Gasteiger partial charge on any atom is -0.357 e. The molecule has 0 bridgehead atoms. The van der Waals surface area contributed by atoms with Crippen molar-refractivity contribution in [2.75, 3.05) is 52.9 Å². The van der Waals surface area contributed by atoms with Crippen molar-refractivity contribution < 1.29 is 4.39 Å². The molecule has 0 atom stereocenters. The first-order valence-corrected chi connectivity index (χ1v) is 9.35. The number of hydrogen-bond donors (Lipinski definition) is 2. The predicted molar refractivity (Wildman–Crippen MR) is 118 cm³/mol. The number of halogens is 2. The summed E-state index contributed by atoms with van der Waals surface area (Å²) in [6.07, 6.45) is 2.29. The third kappa shape index (κ3) is 8.64. The third-order valence-electron chi connectivity index (χ3n) is 4.50. The summed E-state index contributed by atoms with van der Waals surface area (Å²) in [7, 11) is 2.18. The molecule has 2 rings (SSSR count). The van der Waals surface area contributed by atoms with Crippen LogP contribution >= 0.6 is 24.0 Å². The fourth-order valence-electron chi connectivity index (χ4n) is 2.87. The Bertz CT molecular complexity index is 532. The Morgan fingerprint density at radius 1 is 1.12 bits per heavy atom. The predicted octanol–water partition coefficient (Wildman–Crippen LogP) is 2.53. The van der Waals surface area contributed by atoms with E-state index in [1.165, 1.54) is 45.2 Å². The molecule has 1 saturated heterocycles. The van der Waals surface area contributed by atoms with Crippen molar-refractivity contribution in [1.82, 2.24) is 20.4 Å². The van der Waals surface area contributed by atoms with Gasteiger partial charge in [0.1, 0.15) is 5.82 Å². The third-order valence-corrected chi connectivity index (χ3v) is 4.50. The fraction of sp³-hybridized carbons (Fsp3) is 0.632. The van der Waals surface area contributed by atoms with Crippen molar-refractivity contribution >= 4 is 29.9 Å². The van der Waals surface area contributed by atoms with Gasteiger partial charge in [-0.3, -0.25) is 0 Å². The van der Waals surface area contributed by atoms with Crippen LogP contribution in [-0.2, 0) is 6.54 Å². The van der Waals surface area contributed by atoms with Crippen LogP contribution in [-0.4, -0.2) is 68.6 Å². The summed E-state index contributed by atoms with van der Waals surface area (Å²) < 4.78 is 13.7. The Labute approximate surface area is 174 Å². The lowest BCUT2D eigenvalue weighted by molar-refractivity contribution is 0.152. The fourth-order valence-corrected chi connectivity index (χ4v) is 2.87. The summed E-state index contributed by atoms with van der Waals surface area (Å²) in [5.41, 5.74) is 0.620. The second-order valence-electron chi connectivity index (χ2n) is 6.57. The maximum Gasteiger partial charge on any atom is 0.191 e. The highest BCUT2D eigenvalue weighted by atomic mass is 127. The highest BCUT2D eigenvalue weighted by molar-refractivity contribution is 14.0. The van der Waals surface area contributed by atoms with Gasteiger partial charge >= 0.3 is 0 Å². The van der Waals surface area contributed by atoms with Crippen molar-refractivity contribution in [3.05, 3.63) is 35.6 Å². The van der Waals surface area contributed by atoms with Crippen molar-refractivity contribution in [1.29, 1.82) is 0 Å². The van der Waals surface area contributed by atoms with Crippen LogP contribution in [0.2, 0.25) is 0 Å². The first-order chi connectivity index (χ1) is 12.2. The van der Waals surface area contributed by atoms with Crippen LogP contribution in [0.25, 0.3) is 0 Å². The average Bonchev–Trinajstić information content (AvgIpc) is 2.62. The molecule has 0 saturated carbocycles. The van der Waals surface area contributed by atoms with Gasteiger partial charge in [-0.1, -0.05) is 18.2 Å². The van der Waals surface area contributed by atoms with E-state index in [0.29, 0.717) is 12.1 Å². The summed E-state index contributed by atoms with van der Waals surface area (Å²) in [6.45, 7) is 9.93. The monoisotopic (exact) mass is 477 g/mol. The molecule has 26 heavy (non-hydrogen) atoms. The first kappa shape index (κ1) is 23.1. The zero-order chi connectivity index (χ0) is 17.9. The van der Waals surface area contributed by atoms with Gasteiger partial charge in [0.15, 0.2) is 5.96 Å². The molecule has 0 amide bonds. The molecular formula is C19H33FIN5. The summed E-state index contributed by atoms with van der Waals surface area (Å²) >= 11 is 0. The van der Waals surface area contributed by atoms with Gasteiger partial charge in [-0.15, -0.1) is 24.0 Å². The van der Waals surface area contributed by atoms with Gasteiger partial charge in [-0.25, -0.2) is 9.38 Å². The molecule has 0 aliphatic carbocycles. The molecule has 2 N–H and O–H groups in total. The largest absolute Gasteiger partial charge is 0.357 e. The molecule has 0 radical (unpaired) electrons. The van der Waals surface area contributed by atoms with E-state index in [4.69, 9.17) is 0 Å². The standard InChI is InChI=1S/C19H32FN5.HI/c1-3-21-19(23-16-17-8-4-5-9-18(17)20)22-10-6-7-11-25-14-12-24(2)13-15-25;/h4-5,8-9H,3,6-7,10-16H2,1-2H3,(H2,21,22,23);1H. The lowest BCUT2D eigenvalue weighted by atomic mass is 10.2. The van der Waals surface area contributed by atoms with Gasteiger partial charge < -0.3 is 20.4 Å². The van der Waals surface area contributed by atoms with Crippen molar-refractivity contribution in [2.45, 2.75) is 26.3 Å². The number of nitrogens with one attached hydrogen (secondary N) is 2. The highest BCUT2D eigenvalue weighted by Crippen LogP contribution is 2.07. The van der Waals surface area contributed by atoms with E-state index in [2.05, 4.69) is 32.5 Å². The van der Waals surface area contributed by atoms with Gasteiger partial charge in [-0.05, 0) is 39.4 Å². The van der Waals surface area contributed by atoms with E-state index >= 15 is 0 Å². The maximum absolute atomic E-state index is 13.7. The van der Waals surface area contributed by atoms with Crippen LogP contribution in [0.5, 0.6) is 0 Å². The topological polar surface area (TPSA) is 42.9 Å². The Morgan fingerprint density at radius 2 is 1.85 bits per heavy atom. The Morgan fingerprint density at radius 3 is 2.54 bits per heavy atom. The highest BCUT2D eigenvalue weighted by Gasteiger charge is 2.12. The maximum atomic E-state index is 13.7. The molecule has 5 nitrogen and oxygen atoms in total. The van der Waals surface area contributed by atoms with Crippen LogP contribution < -0.4 is 10.6 Å². The second-order valence-corrected chi connectivity index (χ2v) is 6.57. The smallest absolute Gasteiger partial charge is 0.191 e. The SMILES string of the molecule is CCNC(=NCc1ccccc1F)NCCCCN1CCN(C)CC1.I. The lowest BCUT2D eigenvalue weighted by Crippen LogP contribution is -2.44. The number of likely N-dealkylation sites (N-methyl/N-ethyl adjacent to an activating group) is 1. The summed E-state index contributed by atoms with van der Waals surface area (Å²) in [6, 6.07) is 6.79. The van der Waals surface area contributed by atoms with Gasteiger partial charge in [0.05, 0.1) is 6.54 Å². The van der Waals surface area contributed by atoms with Crippen LogP contribution in [0, 0.1) is 5.82 Å². The quantitative estimate of drug-likeness (QED) is 0.262. The molecule has 1 heterocycles. The molecule has 0 spiro atoms. The van der Waals surface area contributed by atoms with Crippen molar-refractivity contribution in [2.24, 2.45) is 4.99 Å². The molecular weight excluding hydrogens is 444 g/mol. The molecule has 7 heteroatoms. The van der Waals surface area contributed by atoms with Gasteiger partial charge in [0.2, 0.25) is 0 Å². The first-order valence-electron chi connectivity index (χ1n) is 9.35. The Balaban J connectivity index is 0.00000338. The molecule has 1 aromatic carbocycles. The number of guanidine groups is 1. The summed E-state index contributed by atoms with van der Waals surface area (Å²) in [5.74, 6) is 0.555. The molecule has 148 valence electrons. The van der Waals surface area contributed by atoms with E-state index in [1.807, 2.05) is 13.0 Å². The number of rotatable bonds is 8. The van der Waals surface area contributed by atoms with Crippen LogP contribution in [0.3, 0.4) is 0 Å². The Kier molecular flexibility index (Phi) is 11.8. The van der Waals surface area contributed by atoms with Crippen LogP contribution in [0.15, 0.2) is 29.3 Å². The number of piperazine rings is 1. The van der Waals surface area contributed by atoms with Gasteiger partial charge in [0, 0.05) is 44.8 Å². The second kappa shape index (κ2) is 13.3. The van der Waals surface area contributed by atoms with E-state index in [9.17, 15) is 4.39 Å². The lowest BCUT2D eigenvalue weighted by Gasteiger charge is -2.32. The molecule has 1 aromatic rings. The summed E-state index contributed by atoms with van der Waals surface area (Å²) in [5, 5.41) is 6.56. The molecule has 1 aliphatic heterocycles. The van der Waals surface area contributed by atoms with E-state index < -0.39 is 0 Å². The number of unbranched alkanes of at least 4 members (excludes halogenated alkanes) is 1. The molecule has 0 aromatic heterocycles. The van der Waals surface area contributed by atoms with Crippen molar-refractivity contribution in [3.63, 3.8) is 0 Å². The average molecular weight is 477 g/mol. The van der Waals surface area contributed by atoms with E-state index in [-0.39, 0.29) is 29.8 Å². The number of nitrogens with zero attached hydrogens (tertiary/aromatic N) is 3. The molecule has 1 aliphatic rings. The van der Waals surface area contributed by atoms with E-state index in [0.717, 1.165) is 25.5 Å². The zero-order valence-electron chi connectivity index (χ0n) is 16.0. The Hall–Kier alpha value is -0.930. The number of benzene rings is 1. The zero-order valence-corrected chi connectivity index (χ0v) is 18.3.